The van der Waals surface area contributed by atoms with Gasteiger partial charge >= 0.3 is 6.36 Å². The van der Waals surface area contributed by atoms with E-state index in [0.29, 0.717) is 13.1 Å². The van der Waals surface area contributed by atoms with Crippen LogP contribution in [0, 0.1) is 0 Å². The maximum absolute atomic E-state index is 11.7. The Kier molecular flexibility index (Phi) is 7.72. The van der Waals surface area contributed by atoms with Gasteiger partial charge in [-0.2, -0.15) is 0 Å². The van der Waals surface area contributed by atoms with Crippen LogP contribution < -0.4 is 5.73 Å². The monoisotopic (exact) mass is 228 g/mol. The quantitative estimate of drug-likeness (QED) is 0.685. The van der Waals surface area contributed by atoms with Crippen molar-refractivity contribution in [2.75, 3.05) is 32.8 Å². The third-order valence-corrected chi connectivity index (χ3v) is 1.89. The van der Waals surface area contributed by atoms with Gasteiger partial charge in [-0.1, -0.05) is 6.92 Å². The lowest BCUT2D eigenvalue weighted by Gasteiger charge is -2.21. The molecule has 0 heterocycles. The molecule has 6 heteroatoms. The Morgan fingerprint density at radius 1 is 1.20 bits per heavy atom. The highest BCUT2D eigenvalue weighted by Gasteiger charge is 2.28. The van der Waals surface area contributed by atoms with E-state index < -0.39 is 6.36 Å². The average molecular weight is 228 g/mol. The second-order valence-corrected chi connectivity index (χ2v) is 3.28. The minimum absolute atomic E-state index is 0.299. The molecule has 0 aliphatic carbocycles. The predicted octanol–water partition coefficient (Wildman–Crippen LogP) is 1.58. The molecule has 15 heavy (non-hydrogen) atoms. The molecule has 2 N–H and O–H groups in total. The van der Waals surface area contributed by atoms with Gasteiger partial charge in [-0.25, -0.2) is 0 Å². The lowest BCUT2D eigenvalue weighted by Crippen LogP contribution is -2.32. The van der Waals surface area contributed by atoms with Crippen LogP contribution in [0.1, 0.15) is 19.8 Å². The van der Waals surface area contributed by atoms with Crippen molar-refractivity contribution in [2.45, 2.75) is 26.1 Å². The van der Waals surface area contributed by atoms with E-state index in [4.69, 9.17) is 5.73 Å². The normalized spacial score (nSPS) is 12.4. The summed E-state index contributed by atoms with van der Waals surface area (Å²) >= 11 is 0. The molecule has 0 saturated carbocycles. The van der Waals surface area contributed by atoms with Gasteiger partial charge in [0.25, 0.3) is 0 Å². The summed E-state index contributed by atoms with van der Waals surface area (Å²) in [4.78, 5) is 1.93. The number of nitrogens with zero attached hydrogens (tertiary/aromatic N) is 1. The minimum atomic E-state index is -4.52. The molecule has 0 unspecified atom stereocenters. The zero-order chi connectivity index (χ0) is 11.7. The highest BCUT2D eigenvalue weighted by Crippen LogP contribution is 2.15. The zero-order valence-corrected chi connectivity index (χ0v) is 9.02. The van der Waals surface area contributed by atoms with Crippen molar-refractivity contribution in [1.82, 2.24) is 4.90 Å². The molecule has 3 nitrogen and oxygen atoms in total. The molecule has 0 fully saturated rings. The maximum Gasteiger partial charge on any atom is 0.522 e. The first-order valence-corrected chi connectivity index (χ1v) is 5.12. The summed E-state index contributed by atoms with van der Waals surface area (Å²) in [5, 5.41) is 0. The van der Waals surface area contributed by atoms with Gasteiger partial charge in [0.05, 0.1) is 6.61 Å². The molecule has 0 aliphatic heterocycles. The lowest BCUT2D eigenvalue weighted by molar-refractivity contribution is -0.325. The highest BCUT2D eigenvalue weighted by molar-refractivity contribution is 4.57. The van der Waals surface area contributed by atoms with Crippen LogP contribution in [0.4, 0.5) is 13.2 Å². The van der Waals surface area contributed by atoms with Gasteiger partial charge in [-0.05, 0) is 32.5 Å². The Morgan fingerprint density at radius 3 is 2.33 bits per heavy atom. The summed E-state index contributed by atoms with van der Waals surface area (Å²) in [5.74, 6) is 0. The number of halogens is 3. The first-order chi connectivity index (χ1) is 6.99. The second kappa shape index (κ2) is 7.90. The summed E-state index contributed by atoms with van der Waals surface area (Å²) in [6, 6.07) is 0. The predicted molar refractivity (Wildman–Crippen MR) is 52.4 cm³/mol. The third kappa shape index (κ3) is 9.96. The number of ether oxygens (including phenoxy) is 1. The molecule has 0 aromatic rings. The highest BCUT2D eigenvalue weighted by atomic mass is 19.4. The van der Waals surface area contributed by atoms with E-state index in [9.17, 15) is 13.2 Å². The molecule has 0 aromatic heterocycles. The molecule has 0 saturated heterocycles. The van der Waals surface area contributed by atoms with Crippen LogP contribution in [0.25, 0.3) is 0 Å². The van der Waals surface area contributed by atoms with Crippen LogP contribution in [0.3, 0.4) is 0 Å². The van der Waals surface area contributed by atoms with E-state index in [-0.39, 0.29) is 6.61 Å². The van der Waals surface area contributed by atoms with E-state index in [1.807, 2.05) is 11.8 Å². The summed E-state index contributed by atoms with van der Waals surface area (Å²) in [6.45, 7) is 4.04. The SMILES string of the molecule is CCCN(CCCN)CCOC(F)(F)F. The van der Waals surface area contributed by atoms with Crippen LogP contribution in [-0.4, -0.2) is 44.0 Å². The fourth-order valence-corrected chi connectivity index (χ4v) is 1.26. The van der Waals surface area contributed by atoms with Crippen molar-refractivity contribution in [3.8, 4) is 0 Å². The summed E-state index contributed by atoms with van der Waals surface area (Å²) in [6.07, 6.45) is -2.81. The molecular formula is C9H19F3N2O. The molecule has 0 radical (unpaired) electrons. The second-order valence-electron chi connectivity index (χ2n) is 3.28. The first-order valence-electron chi connectivity index (χ1n) is 5.12. The molecule has 0 aromatic carbocycles. The van der Waals surface area contributed by atoms with E-state index in [1.165, 1.54) is 0 Å². The Morgan fingerprint density at radius 2 is 1.87 bits per heavy atom. The topological polar surface area (TPSA) is 38.5 Å². The molecule has 0 aliphatic rings. The Bertz CT molecular complexity index is 153. The van der Waals surface area contributed by atoms with E-state index in [0.717, 1.165) is 25.9 Å². The van der Waals surface area contributed by atoms with Crippen molar-refractivity contribution in [3.05, 3.63) is 0 Å². The van der Waals surface area contributed by atoms with Gasteiger partial charge in [-0.15, -0.1) is 13.2 Å². The fraction of sp³-hybridized carbons (Fsp3) is 1.00. The number of hydrogen-bond donors (Lipinski definition) is 1. The molecular weight excluding hydrogens is 209 g/mol. The Balaban J connectivity index is 3.65. The number of alkyl halides is 3. The number of rotatable bonds is 8. The van der Waals surface area contributed by atoms with Crippen molar-refractivity contribution >= 4 is 0 Å². The van der Waals surface area contributed by atoms with Crippen LogP contribution in [0.5, 0.6) is 0 Å². The van der Waals surface area contributed by atoms with E-state index in [2.05, 4.69) is 4.74 Å². The molecule has 92 valence electrons. The van der Waals surface area contributed by atoms with Gasteiger partial charge in [0.15, 0.2) is 0 Å². The van der Waals surface area contributed by atoms with Crippen LogP contribution in [-0.2, 0) is 4.74 Å². The van der Waals surface area contributed by atoms with Crippen LogP contribution >= 0.6 is 0 Å². The largest absolute Gasteiger partial charge is 0.522 e. The minimum Gasteiger partial charge on any atom is -0.330 e. The standard InChI is InChI=1S/C9H19F3N2O/c1-2-5-14(6-3-4-13)7-8-15-9(10,11)12/h2-8,13H2,1H3. The van der Waals surface area contributed by atoms with Crippen molar-refractivity contribution in [3.63, 3.8) is 0 Å². The number of hydrogen-bond acceptors (Lipinski definition) is 3. The smallest absolute Gasteiger partial charge is 0.330 e. The summed E-state index contributed by atoms with van der Waals surface area (Å²) < 4.78 is 38.8. The van der Waals surface area contributed by atoms with Crippen LogP contribution in [0.15, 0.2) is 0 Å². The van der Waals surface area contributed by atoms with E-state index >= 15 is 0 Å². The zero-order valence-electron chi connectivity index (χ0n) is 9.02. The Hall–Kier alpha value is -0.330. The fourth-order valence-electron chi connectivity index (χ4n) is 1.26. The van der Waals surface area contributed by atoms with Gasteiger partial charge < -0.3 is 10.6 Å². The molecule has 0 rings (SSSR count). The maximum atomic E-state index is 11.7. The summed E-state index contributed by atoms with van der Waals surface area (Å²) in [5.41, 5.74) is 5.33. The van der Waals surface area contributed by atoms with Gasteiger partial charge in [0.1, 0.15) is 0 Å². The average Bonchev–Trinajstić information content (AvgIpc) is 2.12. The summed E-state index contributed by atoms with van der Waals surface area (Å²) in [7, 11) is 0. The van der Waals surface area contributed by atoms with Gasteiger partial charge in [0, 0.05) is 6.54 Å². The van der Waals surface area contributed by atoms with Crippen molar-refractivity contribution in [1.29, 1.82) is 0 Å². The number of nitrogens with two attached hydrogens (primary N) is 1. The third-order valence-electron chi connectivity index (χ3n) is 1.89. The van der Waals surface area contributed by atoms with Gasteiger partial charge in [-0.3, -0.25) is 4.74 Å². The molecule has 0 amide bonds. The van der Waals surface area contributed by atoms with Crippen LogP contribution in [0.2, 0.25) is 0 Å². The lowest BCUT2D eigenvalue weighted by atomic mass is 10.3. The van der Waals surface area contributed by atoms with Crippen molar-refractivity contribution in [2.24, 2.45) is 5.73 Å². The molecule has 0 atom stereocenters. The molecule has 0 bridgehead atoms. The Labute approximate surface area is 88.4 Å². The van der Waals surface area contributed by atoms with E-state index in [1.54, 1.807) is 0 Å². The van der Waals surface area contributed by atoms with Crippen molar-refractivity contribution < 1.29 is 17.9 Å². The first kappa shape index (κ1) is 14.7. The molecule has 0 spiro atoms. The van der Waals surface area contributed by atoms with Gasteiger partial charge in [0.2, 0.25) is 0 Å².